The lowest BCUT2D eigenvalue weighted by Gasteiger charge is -2.32. The van der Waals surface area contributed by atoms with Crippen LogP contribution in [0.3, 0.4) is 0 Å². The van der Waals surface area contributed by atoms with E-state index < -0.39 is 5.91 Å². The maximum Gasteiger partial charge on any atom is 0.254 e. The van der Waals surface area contributed by atoms with Gasteiger partial charge in [-0.15, -0.1) is 0 Å². The molecule has 0 spiro atoms. The number of nitrogens with one attached hydrogen (secondary N) is 2. The van der Waals surface area contributed by atoms with Gasteiger partial charge in [0.2, 0.25) is 0 Å². The van der Waals surface area contributed by atoms with Crippen LogP contribution < -0.4 is 16.8 Å². The van der Waals surface area contributed by atoms with E-state index in [4.69, 9.17) is 11.5 Å². The molecule has 0 saturated carbocycles. The van der Waals surface area contributed by atoms with Crippen LogP contribution in [0.25, 0.3) is 32.9 Å². The largest absolute Gasteiger partial charge is 0.381 e. The van der Waals surface area contributed by atoms with Crippen LogP contribution in [0, 0.1) is 5.82 Å². The topological polar surface area (TPSA) is 120 Å². The number of hydrogen-bond acceptors (Lipinski definition) is 5. The standard InChI is InChI=1S/C33H33FN6O2/c1-39-13-15-40(16-14-39)33(42)21-7-10-25-29(17-21)38-31-26(32(36)41)12-11-24(30(25)31)23-3-2-4-28(27(23)18-35)37-19-20-5-8-22(34)9-6-20/h2-12,17,37-38H,13-16,18-19,35H2,1H3,(H2,36,41). The molecule has 0 bridgehead atoms. The van der Waals surface area contributed by atoms with Crippen molar-refractivity contribution in [3.05, 3.63) is 101 Å². The summed E-state index contributed by atoms with van der Waals surface area (Å²) in [5, 5.41) is 5.16. The first kappa shape index (κ1) is 27.4. The zero-order chi connectivity index (χ0) is 29.4. The number of piperazine rings is 1. The molecule has 0 atom stereocenters. The summed E-state index contributed by atoms with van der Waals surface area (Å²) in [6, 6.07) is 21.6. The minimum Gasteiger partial charge on any atom is -0.381 e. The lowest BCUT2D eigenvalue weighted by atomic mass is 9.92. The van der Waals surface area contributed by atoms with Gasteiger partial charge in [-0.1, -0.05) is 36.4 Å². The van der Waals surface area contributed by atoms with E-state index in [1.807, 2.05) is 47.4 Å². The number of anilines is 1. The maximum atomic E-state index is 13.4. The molecule has 1 fully saturated rings. The van der Waals surface area contributed by atoms with Crippen LogP contribution in [-0.2, 0) is 13.1 Å². The van der Waals surface area contributed by atoms with Crippen molar-refractivity contribution in [1.29, 1.82) is 0 Å². The number of carbonyl (C=O) groups is 2. The fourth-order valence-corrected chi connectivity index (χ4v) is 5.79. The SMILES string of the molecule is CN1CCN(C(=O)c2ccc3c(c2)[nH]c2c(C(N)=O)ccc(-c4cccc(NCc5ccc(F)cc5)c4CN)c23)CC1. The predicted molar refractivity (Wildman–Crippen MR) is 165 cm³/mol. The number of rotatable bonds is 7. The van der Waals surface area contributed by atoms with E-state index in [0.29, 0.717) is 36.3 Å². The minimum absolute atomic E-state index is 0.00986. The summed E-state index contributed by atoms with van der Waals surface area (Å²) in [4.78, 5) is 33.2. The van der Waals surface area contributed by atoms with Crippen LogP contribution in [-0.4, -0.2) is 59.8 Å². The van der Waals surface area contributed by atoms with Gasteiger partial charge in [-0.05, 0) is 65.7 Å². The Morgan fingerprint density at radius 1 is 0.952 bits per heavy atom. The molecule has 42 heavy (non-hydrogen) atoms. The molecule has 1 aromatic heterocycles. The van der Waals surface area contributed by atoms with Crippen molar-refractivity contribution in [2.24, 2.45) is 11.5 Å². The van der Waals surface area contributed by atoms with E-state index in [2.05, 4.69) is 22.2 Å². The van der Waals surface area contributed by atoms with Crippen molar-refractivity contribution in [3.8, 4) is 11.1 Å². The van der Waals surface area contributed by atoms with Crippen LogP contribution in [0.5, 0.6) is 0 Å². The quantitative estimate of drug-likeness (QED) is 0.229. The van der Waals surface area contributed by atoms with Gasteiger partial charge in [-0.2, -0.15) is 0 Å². The Morgan fingerprint density at radius 3 is 2.43 bits per heavy atom. The third-order valence-electron chi connectivity index (χ3n) is 8.12. The average Bonchev–Trinajstić information content (AvgIpc) is 3.39. The molecule has 8 nitrogen and oxygen atoms in total. The van der Waals surface area contributed by atoms with Crippen molar-refractivity contribution in [2.75, 3.05) is 38.5 Å². The molecular weight excluding hydrogens is 531 g/mol. The Bertz CT molecular complexity index is 1810. The molecule has 1 aliphatic rings. The van der Waals surface area contributed by atoms with Gasteiger partial charge in [0, 0.05) is 66.8 Å². The van der Waals surface area contributed by atoms with Crippen molar-refractivity contribution < 1.29 is 14.0 Å². The van der Waals surface area contributed by atoms with E-state index >= 15 is 0 Å². The lowest BCUT2D eigenvalue weighted by Crippen LogP contribution is -2.47. The molecular formula is C33H33FN6O2. The summed E-state index contributed by atoms with van der Waals surface area (Å²) < 4.78 is 13.4. The number of hydrogen-bond donors (Lipinski definition) is 4. The highest BCUT2D eigenvalue weighted by Crippen LogP contribution is 2.39. The number of carbonyl (C=O) groups excluding carboxylic acids is 2. The number of aromatic nitrogens is 1. The van der Waals surface area contributed by atoms with Crippen molar-refractivity contribution >= 4 is 39.3 Å². The van der Waals surface area contributed by atoms with Gasteiger partial charge < -0.3 is 31.6 Å². The Hall–Kier alpha value is -4.73. The Balaban J connectivity index is 1.43. The van der Waals surface area contributed by atoms with E-state index in [1.54, 1.807) is 18.2 Å². The molecule has 9 heteroatoms. The maximum absolute atomic E-state index is 13.4. The average molecular weight is 565 g/mol. The third-order valence-corrected chi connectivity index (χ3v) is 8.12. The summed E-state index contributed by atoms with van der Waals surface area (Å²) in [5.74, 6) is -0.827. The van der Waals surface area contributed by atoms with Crippen LogP contribution in [0.2, 0.25) is 0 Å². The van der Waals surface area contributed by atoms with Crippen LogP contribution in [0.4, 0.5) is 10.1 Å². The predicted octanol–water partition coefficient (Wildman–Crippen LogP) is 4.68. The highest BCUT2D eigenvalue weighted by Gasteiger charge is 2.23. The van der Waals surface area contributed by atoms with Gasteiger partial charge in [-0.25, -0.2) is 4.39 Å². The smallest absolute Gasteiger partial charge is 0.254 e. The van der Waals surface area contributed by atoms with Crippen LogP contribution in [0.15, 0.2) is 72.8 Å². The number of fused-ring (bicyclic) bond motifs is 3. The number of nitrogens with zero attached hydrogens (tertiary/aromatic N) is 2. The van der Waals surface area contributed by atoms with Crippen molar-refractivity contribution in [2.45, 2.75) is 13.1 Å². The second-order valence-electron chi connectivity index (χ2n) is 10.8. The molecule has 0 aliphatic carbocycles. The summed E-state index contributed by atoms with van der Waals surface area (Å²) in [7, 11) is 2.06. The molecule has 0 unspecified atom stereocenters. The number of likely N-dealkylation sites (N-methyl/N-ethyl adjacent to an activating group) is 1. The van der Waals surface area contributed by atoms with Crippen molar-refractivity contribution in [1.82, 2.24) is 14.8 Å². The van der Waals surface area contributed by atoms with Gasteiger partial charge >= 0.3 is 0 Å². The first-order valence-corrected chi connectivity index (χ1v) is 14.0. The molecule has 6 rings (SSSR count). The zero-order valence-electron chi connectivity index (χ0n) is 23.4. The number of aromatic amines is 1. The molecule has 214 valence electrons. The normalized spacial score (nSPS) is 14.0. The minimum atomic E-state index is -0.541. The number of primary amides is 1. The van der Waals surface area contributed by atoms with E-state index in [9.17, 15) is 14.0 Å². The number of amides is 2. The Kier molecular flexibility index (Phi) is 7.36. The Labute approximate surface area is 243 Å². The second kappa shape index (κ2) is 11.3. The van der Waals surface area contributed by atoms with E-state index in [-0.39, 0.29) is 18.3 Å². The lowest BCUT2D eigenvalue weighted by molar-refractivity contribution is 0.0664. The molecule has 6 N–H and O–H groups in total. The van der Waals surface area contributed by atoms with E-state index in [1.165, 1.54) is 12.1 Å². The molecule has 5 aromatic rings. The van der Waals surface area contributed by atoms with Gasteiger partial charge in [0.05, 0.1) is 11.1 Å². The summed E-state index contributed by atoms with van der Waals surface area (Å²) >= 11 is 0. The molecule has 0 radical (unpaired) electrons. The van der Waals surface area contributed by atoms with E-state index in [0.717, 1.165) is 57.3 Å². The monoisotopic (exact) mass is 564 g/mol. The summed E-state index contributed by atoms with van der Waals surface area (Å²) in [6.07, 6.45) is 0. The van der Waals surface area contributed by atoms with Crippen LogP contribution in [0.1, 0.15) is 31.8 Å². The van der Waals surface area contributed by atoms with Gasteiger partial charge in [0.15, 0.2) is 0 Å². The number of halogens is 1. The molecule has 2 heterocycles. The number of H-pyrrole nitrogens is 1. The summed E-state index contributed by atoms with van der Waals surface area (Å²) in [5.41, 5.74) is 18.9. The Morgan fingerprint density at radius 2 is 1.71 bits per heavy atom. The molecule has 1 saturated heterocycles. The first-order valence-electron chi connectivity index (χ1n) is 14.0. The van der Waals surface area contributed by atoms with Gasteiger partial charge in [-0.3, -0.25) is 9.59 Å². The second-order valence-corrected chi connectivity index (χ2v) is 10.8. The number of benzene rings is 4. The fraction of sp³-hybridized carbons (Fsp3) is 0.212. The first-order chi connectivity index (χ1) is 20.3. The molecule has 2 amide bonds. The van der Waals surface area contributed by atoms with Gasteiger partial charge in [0.1, 0.15) is 5.82 Å². The van der Waals surface area contributed by atoms with Crippen molar-refractivity contribution in [3.63, 3.8) is 0 Å². The zero-order valence-corrected chi connectivity index (χ0v) is 23.4. The number of nitrogens with two attached hydrogens (primary N) is 2. The van der Waals surface area contributed by atoms with Crippen LogP contribution >= 0.6 is 0 Å². The summed E-state index contributed by atoms with van der Waals surface area (Å²) in [6.45, 7) is 3.82. The third kappa shape index (κ3) is 5.08. The molecule has 4 aromatic carbocycles. The highest BCUT2D eigenvalue weighted by molar-refractivity contribution is 6.20. The van der Waals surface area contributed by atoms with Gasteiger partial charge in [0.25, 0.3) is 11.8 Å². The molecule has 1 aliphatic heterocycles. The highest BCUT2D eigenvalue weighted by atomic mass is 19.1. The fourth-order valence-electron chi connectivity index (χ4n) is 5.79.